The first kappa shape index (κ1) is 14.9. The van der Waals surface area contributed by atoms with Crippen LogP contribution in [0.3, 0.4) is 0 Å². The molecule has 2 saturated heterocycles. The van der Waals surface area contributed by atoms with Gasteiger partial charge < -0.3 is 9.80 Å². The Hall–Kier alpha value is -0.610. The number of hydrogen-bond acceptors (Lipinski definition) is 3. The van der Waals surface area contributed by atoms with E-state index in [1.54, 1.807) is 0 Å². The maximum Gasteiger partial charge on any atom is 0.227 e. The maximum atomic E-state index is 12.7. The number of fused-ring (bicyclic) bond motifs is 1. The third kappa shape index (κ3) is 2.58. The van der Waals surface area contributed by atoms with Crippen LogP contribution in [0.5, 0.6) is 0 Å². The first-order valence-electron chi connectivity index (χ1n) is 9.38. The monoisotopic (exact) mass is 305 g/mol. The predicted molar refractivity (Wildman–Crippen MR) is 87.6 cm³/mol. The molecule has 22 heavy (non-hydrogen) atoms. The SMILES string of the molecule is CC(C)N1CC[C@H](C(=O)N2CCN([C@H]3CC4CC3C4)CC2)C1. The summed E-state index contributed by atoms with van der Waals surface area (Å²) in [5.41, 5.74) is 0. The van der Waals surface area contributed by atoms with Crippen molar-refractivity contribution < 1.29 is 4.79 Å². The van der Waals surface area contributed by atoms with Crippen LogP contribution in [0, 0.1) is 17.8 Å². The van der Waals surface area contributed by atoms with Crippen molar-refractivity contribution in [2.75, 3.05) is 39.3 Å². The molecule has 0 aromatic carbocycles. The molecule has 2 atom stereocenters. The molecule has 5 aliphatic rings. The number of piperazine rings is 1. The Morgan fingerprint density at radius 2 is 1.73 bits per heavy atom. The third-order valence-electron chi connectivity index (χ3n) is 6.79. The molecule has 0 aromatic heterocycles. The molecule has 3 saturated carbocycles. The van der Waals surface area contributed by atoms with Gasteiger partial charge in [0, 0.05) is 44.8 Å². The molecule has 0 aromatic rings. The predicted octanol–water partition coefficient (Wildman–Crippen LogP) is 1.66. The zero-order valence-corrected chi connectivity index (χ0v) is 14.2. The standard InChI is InChI=1S/C18H31N3O/c1-13(2)21-4-3-15(12-21)18(22)20-7-5-19(6-8-20)17-11-14-9-16(17)10-14/h13-17H,3-12H2,1-2H3/t14?,15-,16?,17-/m0/s1. The minimum atomic E-state index is 0.258. The van der Waals surface area contributed by atoms with Crippen LogP contribution in [-0.4, -0.2) is 72.0 Å². The van der Waals surface area contributed by atoms with E-state index in [0.717, 1.165) is 63.6 Å². The van der Waals surface area contributed by atoms with Gasteiger partial charge in [-0.15, -0.1) is 0 Å². The number of carbonyl (C=O) groups excluding carboxylic acids is 1. The van der Waals surface area contributed by atoms with E-state index < -0.39 is 0 Å². The molecule has 0 spiro atoms. The molecule has 2 heterocycles. The maximum absolute atomic E-state index is 12.7. The largest absolute Gasteiger partial charge is 0.340 e. The van der Waals surface area contributed by atoms with Crippen LogP contribution in [0.4, 0.5) is 0 Å². The Morgan fingerprint density at radius 3 is 2.27 bits per heavy atom. The van der Waals surface area contributed by atoms with Crippen molar-refractivity contribution in [1.82, 2.24) is 14.7 Å². The van der Waals surface area contributed by atoms with E-state index in [9.17, 15) is 4.79 Å². The number of rotatable bonds is 3. The molecule has 2 aliphatic heterocycles. The van der Waals surface area contributed by atoms with Crippen LogP contribution in [0.25, 0.3) is 0 Å². The van der Waals surface area contributed by atoms with Crippen LogP contribution in [0.1, 0.15) is 39.5 Å². The van der Waals surface area contributed by atoms with Crippen LogP contribution in [-0.2, 0) is 4.79 Å². The number of hydrogen-bond donors (Lipinski definition) is 0. The van der Waals surface area contributed by atoms with Gasteiger partial charge in [0.05, 0.1) is 5.92 Å². The van der Waals surface area contributed by atoms with Gasteiger partial charge in [0.1, 0.15) is 0 Å². The van der Waals surface area contributed by atoms with Gasteiger partial charge in [-0.1, -0.05) is 0 Å². The summed E-state index contributed by atoms with van der Waals surface area (Å²) in [7, 11) is 0. The van der Waals surface area contributed by atoms with Crippen molar-refractivity contribution in [1.29, 1.82) is 0 Å². The normalized spacial score (nSPS) is 39.5. The van der Waals surface area contributed by atoms with Gasteiger partial charge >= 0.3 is 0 Å². The van der Waals surface area contributed by atoms with Gasteiger partial charge in [-0.2, -0.15) is 0 Å². The molecule has 3 aliphatic carbocycles. The highest BCUT2D eigenvalue weighted by Gasteiger charge is 2.47. The van der Waals surface area contributed by atoms with Gasteiger partial charge in [-0.3, -0.25) is 9.69 Å². The van der Waals surface area contributed by atoms with E-state index in [1.165, 1.54) is 19.3 Å². The van der Waals surface area contributed by atoms with E-state index >= 15 is 0 Å². The molecule has 1 amide bonds. The van der Waals surface area contributed by atoms with E-state index in [0.29, 0.717) is 11.9 Å². The summed E-state index contributed by atoms with van der Waals surface area (Å²) >= 11 is 0. The molecule has 0 radical (unpaired) electrons. The van der Waals surface area contributed by atoms with Gasteiger partial charge in [-0.25, -0.2) is 0 Å². The average molecular weight is 305 g/mol. The lowest BCUT2D eigenvalue weighted by molar-refractivity contribution is -0.137. The molecule has 2 bridgehead atoms. The Morgan fingerprint density at radius 1 is 1.00 bits per heavy atom. The van der Waals surface area contributed by atoms with E-state index in [1.807, 2.05) is 0 Å². The number of nitrogens with zero attached hydrogens (tertiary/aromatic N) is 3. The van der Waals surface area contributed by atoms with Gasteiger partial charge in [0.25, 0.3) is 0 Å². The van der Waals surface area contributed by atoms with Crippen LogP contribution >= 0.6 is 0 Å². The zero-order chi connectivity index (χ0) is 15.3. The summed E-state index contributed by atoms with van der Waals surface area (Å²) in [5, 5.41) is 0. The minimum absolute atomic E-state index is 0.258. The van der Waals surface area contributed by atoms with Crippen molar-refractivity contribution in [3.8, 4) is 0 Å². The number of carbonyl (C=O) groups is 1. The second-order valence-corrected chi connectivity index (χ2v) is 8.34. The highest BCUT2D eigenvalue weighted by molar-refractivity contribution is 5.79. The first-order chi connectivity index (χ1) is 10.6. The summed E-state index contributed by atoms with van der Waals surface area (Å²) in [6, 6.07) is 1.42. The van der Waals surface area contributed by atoms with Crippen molar-refractivity contribution in [2.24, 2.45) is 17.8 Å². The molecule has 4 heteroatoms. The van der Waals surface area contributed by atoms with Crippen molar-refractivity contribution in [3.63, 3.8) is 0 Å². The fourth-order valence-electron chi connectivity index (χ4n) is 5.27. The lowest BCUT2D eigenvalue weighted by Gasteiger charge is -2.40. The molecule has 5 fully saturated rings. The van der Waals surface area contributed by atoms with Gasteiger partial charge in [0.15, 0.2) is 0 Å². The third-order valence-corrected chi connectivity index (χ3v) is 6.79. The van der Waals surface area contributed by atoms with Crippen LogP contribution in [0.15, 0.2) is 0 Å². The topological polar surface area (TPSA) is 26.8 Å². The van der Waals surface area contributed by atoms with Crippen molar-refractivity contribution in [3.05, 3.63) is 0 Å². The Labute approximate surface area is 134 Å². The summed E-state index contributed by atoms with van der Waals surface area (Å²) in [5.74, 6) is 2.71. The minimum Gasteiger partial charge on any atom is -0.340 e. The first-order valence-corrected chi connectivity index (χ1v) is 9.38. The molecule has 4 nitrogen and oxygen atoms in total. The lowest BCUT2D eigenvalue weighted by atomic mass is 9.84. The lowest BCUT2D eigenvalue weighted by Crippen LogP contribution is -2.53. The van der Waals surface area contributed by atoms with Crippen LogP contribution < -0.4 is 0 Å². The summed E-state index contributed by atoms with van der Waals surface area (Å²) < 4.78 is 0. The quantitative estimate of drug-likeness (QED) is 0.793. The highest BCUT2D eigenvalue weighted by atomic mass is 16.2. The Kier molecular flexibility index (Phi) is 3.93. The van der Waals surface area contributed by atoms with Crippen LogP contribution in [0.2, 0.25) is 0 Å². The molecule has 124 valence electrons. The van der Waals surface area contributed by atoms with E-state index in [-0.39, 0.29) is 5.92 Å². The summed E-state index contributed by atoms with van der Waals surface area (Å²) in [4.78, 5) is 20.0. The Bertz CT molecular complexity index is 424. The van der Waals surface area contributed by atoms with E-state index in [2.05, 4.69) is 28.5 Å². The van der Waals surface area contributed by atoms with Gasteiger partial charge in [-0.05, 0) is 57.9 Å². The fourth-order valence-corrected chi connectivity index (χ4v) is 5.27. The number of amides is 1. The molecule has 0 unspecified atom stereocenters. The molecule has 0 N–H and O–H groups in total. The highest BCUT2D eigenvalue weighted by Crippen LogP contribution is 2.50. The molecule has 5 rings (SSSR count). The smallest absolute Gasteiger partial charge is 0.227 e. The van der Waals surface area contributed by atoms with Crippen molar-refractivity contribution >= 4 is 5.91 Å². The van der Waals surface area contributed by atoms with Gasteiger partial charge in [0.2, 0.25) is 5.91 Å². The summed E-state index contributed by atoms with van der Waals surface area (Å²) in [6.45, 7) is 10.7. The zero-order valence-electron chi connectivity index (χ0n) is 14.2. The Balaban J connectivity index is 1.27. The number of likely N-dealkylation sites (tertiary alicyclic amines) is 1. The molecular formula is C18H31N3O. The van der Waals surface area contributed by atoms with E-state index in [4.69, 9.17) is 0 Å². The summed E-state index contributed by atoms with van der Waals surface area (Å²) in [6.07, 6.45) is 5.46. The second-order valence-electron chi connectivity index (χ2n) is 8.34. The second kappa shape index (κ2) is 5.79. The van der Waals surface area contributed by atoms with Crippen molar-refractivity contribution in [2.45, 2.75) is 51.6 Å². The molecular weight excluding hydrogens is 274 g/mol. The average Bonchev–Trinajstić information content (AvgIpc) is 3.20. The fraction of sp³-hybridized carbons (Fsp3) is 0.944.